The highest BCUT2D eigenvalue weighted by molar-refractivity contribution is 8.00. The molecule has 3 aromatic rings. The molecule has 160 valence electrons. The van der Waals surface area contributed by atoms with Crippen molar-refractivity contribution in [1.82, 2.24) is 10.2 Å². The van der Waals surface area contributed by atoms with Gasteiger partial charge in [-0.1, -0.05) is 34.7 Å². The molecule has 0 aliphatic carbocycles. The minimum atomic E-state index is -1.04. The van der Waals surface area contributed by atoms with Gasteiger partial charge < -0.3 is 14.5 Å². The summed E-state index contributed by atoms with van der Waals surface area (Å²) < 4.78 is 10.8. The van der Waals surface area contributed by atoms with Gasteiger partial charge in [0.2, 0.25) is 22.2 Å². The van der Waals surface area contributed by atoms with Crippen LogP contribution in [0.2, 0.25) is 5.02 Å². The Morgan fingerprint density at radius 2 is 2.13 bits per heavy atom. The molecular formula is C17H11ClN4O7S2. The molecule has 0 aliphatic heterocycles. The van der Waals surface area contributed by atoms with Gasteiger partial charge >= 0.3 is 5.97 Å². The molecule has 2 heterocycles. The lowest BCUT2D eigenvalue weighted by Gasteiger charge is -2.05. The summed E-state index contributed by atoms with van der Waals surface area (Å²) in [6.45, 7) is 1.35. The van der Waals surface area contributed by atoms with Crippen LogP contribution in [0.5, 0.6) is 5.75 Å². The number of nitrogens with one attached hydrogen (secondary N) is 1. The number of nitro benzene ring substituents is 1. The highest BCUT2D eigenvalue weighted by atomic mass is 35.5. The number of hydrogen-bond acceptors (Lipinski definition) is 11. The van der Waals surface area contributed by atoms with E-state index in [1.54, 1.807) is 0 Å². The predicted octanol–water partition coefficient (Wildman–Crippen LogP) is 3.52. The highest BCUT2D eigenvalue weighted by Crippen LogP contribution is 2.28. The van der Waals surface area contributed by atoms with Crippen molar-refractivity contribution in [3.63, 3.8) is 0 Å². The van der Waals surface area contributed by atoms with Crippen molar-refractivity contribution in [1.29, 1.82) is 0 Å². The summed E-state index contributed by atoms with van der Waals surface area (Å²) in [4.78, 5) is 45.7. The van der Waals surface area contributed by atoms with Gasteiger partial charge in [-0.3, -0.25) is 19.7 Å². The number of carbonyl (C=O) groups is 2. The van der Waals surface area contributed by atoms with E-state index >= 15 is 0 Å². The number of nitro groups is 1. The van der Waals surface area contributed by atoms with Crippen LogP contribution in [0.15, 0.2) is 44.1 Å². The Labute approximate surface area is 186 Å². The quantitative estimate of drug-likeness (QED) is 0.174. The number of non-ortho nitro benzene ring substituents is 1. The molecule has 0 unspecified atom stereocenters. The SMILES string of the molecule is CC(=O)Nc1nnc(SCc2cc(=O)c(OC(=O)c3cc([N+](=O)[O-])ccc3Cl)co2)s1. The average Bonchev–Trinajstić information content (AvgIpc) is 3.14. The first kappa shape index (κ1) is 22.4. The third-order valence-corrected chi connectivity index (χ3v) is 5.79. The summed E-state index contributed by atoms with van der Waals surface area (Å²) in [6, 6.07) is 4.41. The number of anilines is 1. The van der Waals surface area contributed by atoms with Crippen LogP contribution in [0.25, 0.3) is 0 Å². The van der Waals surface area contributed by atoms with Crippen LogP contribution in [0.3, 0.4) is 0 Å². The molecular weight excluding hydrogens is 472 g/mol. The Balaban J connectivity index is 1.67. The number of thioether (sulfide) groups is 1. The topological polar surface area (TPSA) is 155 Å². The van der Waals surface area contributed by atoms with Crippen molar-refractivity contribution in [2.75, 3.05) is 5.32 Å². The van der Waals surface area contributed by atoms with Crippen molar-refractivity contribution < 1.29 is 23.7 Å². The zero-order valence-corrected chi connectivity index (χ0v) is 17.9. The van der Waals surface area contributed by atoms with E-state index in [0.29, 0.717) is 9.47 Å². The molecule has 0 radical (unpaired) electrons. The number of hydrogen-bond donors (Lipinski definition) is 1. The summed E-state index contributed by atoms with van der Waals surface area (Å²) in [6.07, 6.45) is 0.963. The van der Waals surface area contributed by atoms with Crippen LogP contribution >= 0.6 is 34.7 Å². The summed E-state index contributed by atoms with van der Waals surface area (Å²) in [5.74, 6) is -1.20. The molecule has 0 saturated heterocycles. The second-order valence-electron chi connectivity index (χ2n) is 5.73. The third-order valence-electron chi connectivity index (χ3n) is 3.46. The van der Waals surface area contributed by atoms with E-state index in [-0.39, 0.29) is 33.7 Å². The lowest BCUT2D eigenvalue weighted by Crippen LogP contribution is -2.15. The Bertz CT molecular complexity index is 1230. The molecule has 1 N–H and O–H groups in total. The van der Waals surface area contributed by atoms with Crippen molar-refractivity contribution in [2.45, 2.75) is 17.0 Å². The average molecular weight is 483 g/mol. The number of rotatable bonds is 7. The summed E-state index contributed by atoms with van der Waals surface area (Å²) >= 11 is 8.28. The molecule has 0 fully saturated rings. The van der Waals surface area contributed by atoms with Crippen LogP contribution < -0.4 is 15.5 Å². The van der Waals surface area contributed by atoms with E-state index in [1.807, 2.05) is 0 Å². The minimum absolute atomic E-state index is 0.0660. The Hall–Kier alpha value is -3.29. The molecule has 1 aromatic carbocycles. The third kappa shape index (κ3) is 5.87. The van der Waals surface area contributed by atoms with E-state index in [0.717, 1.165) is 35.8 Å². The zero-order chi connectivity index (χ0) is 22.5. The number of esters is 1. The van der Waals surface area contributed by atoms with Gasteiger partial charge in [0.25, 0.3) is 5.69 Å². The number of carbonyl (C=O) groups excluding carboxylic acids is 2. The number of amides is 1. The molecule has 0 aliphatic rings. The molecule has 0 atom stereocenters. The summed E-state index contributed by atoms with van der Waals surface area (Å²) in [5, 5.41) is 21.3. The molecule has 14 heteroatoms. The maximum absolute atomic E-state index is 12.3. The van der Waals surface area contributed by atoms with Crippen LogP contribution in [0, 0.1) is 10.1 Å². The number of nitrogens with zero attached hydrogens (tertiary/aromatic N) is 3. The first-order chi connectivity index (χ1) is 14.7. The van der Waals surface area contributed by atoms with Gasteiger partial charge in [-0.15, -0.1) is 10.2 Å². The largest absolute Gasteiger partial charge is 0.464 e. The fraction of sp³-hybridized carbons (Fsp3) is 0.118. The van der Waals surface area contributed by atoms with Crippen molar-refractivity contribution in [3.8, 4) is 5.75 Å². The van der Waals surface area contributed by atoms with Gasteiger partial charge in [-0.2, -0.15) is 0 Å². The lowest BCUT2D eigenvalue weighted by molar-refractivity contribution is -0.384. The van der Waals surface area contributed by atoms with Gasteiger partial charge in [0.1, 0.15) is 12.0 Å². The maximum atomic E-state index is 12.3. The molecule has 1 amide bonds. The molecule has 0 spiro atoms. The molecule has 31 heavy (non-hydrogen) atoms. The Kier molecular flexibility index (Phi) is 6.99. The smallest absolute Gasteiger partial charge is 0.345 e. The molecule has 0 saturated carbocycles. The number of aromatic nitrogens is 2. The van der Waals surface area contributed by atoms with E-state index in [2.05, 4.69) is 15.5 Å². The predicted molar refractivity (Wildman–Crippen MR) is 112 cm³/mol. The molecule has 2 aromatic heterocycles. The number of ether oxygens (including phenoxy) is 1. The van der Waals surface area contributed by atoms with Gasteiger partial charge in [0, 0.05) is 25.1 Å². The van der Waals surface area contributed by atoms with Crippen molar-refractivity contribution in [2.24, 2.45) is 0 Å². The van der Waals surface area contributed by atoms with Crippen LogP contribution in [-0.2, 0) is 10.5 Å². The van der Waals surface area contributed by atoms with Crippen molar-refractivity contribution >= 4 is 57.4 Å². The van der Waals surface area contributed by atoms with E-state index < -0.39 is 22.1 Å². The van der Waals surface area contributed by atoms with Gasteiger partial charge in [-0.05, 0) is 6.07 Å². The van der Waals surface area contributed by atoms with Crippen LogP contribution in [-0.4, -0.2) is 27.0 Å². The normalized spacial score (nSPS) is 10.5. The van der Waals surface area contributed by atoms with Crippen LogP contribution in [0.4, 0.5) is 10.8 Å². The fourth-order valence-corrected chi connectivity index (χ4v) is 4.01. The van der Waals surface area contributed by atoms with Gasteiger partial charge in [0.15, 0.2) is 4.34 Å². The fourth-order valence-electron chi connectivity index (χ4n) is 2.13. The van der Waals surface area contributed by atoms with Gasteiger partial charge in [0.05, 0.1) is 21.3 Å². The zero-order valence-electron chi connectivity index (χ0n) is 15.5. The van der Waals surface area contributed by atoms with E-state index in [9.17, 15) is 24.5 Å². The molecule has 0 bridgehead atoms. The second-order valence-corrected chi connectivity index (χ2v) is 8.34. The van der Waals surface area contributed by atoms with Crippen molar-refractivity contribution in [3.05, 3.63) is 67.2 Å². The van der Waals surface area contributed by atoms with E-state index in [4.69, 9.17) is 20.8 Å². The van der Waals surface area contributed by atoms with E-state index in [1.165, 1.54) is 24.8 Å². The summed E-state index contributed by atoms with van der Waals surface area (Å²) in [5.41, 5.74) is -1.25. The number of halogens is 1. The maximum Gasteiger partial charge on any atom is 0.345 e. The first-order valence-corrected chi connectivity index (χ1v) is 10.4. The highest BCUT2D eigenvalue weighted by Gasteiger charge is 2.19. The van der Waals surface area contributed by atoms with Crippen LogP contribution in [0.1, 0.15) is 23.0 Å². The monoisotopic (exact) mass is 482 g/mol. The standard InChI is InChI=1S/C17H11ClN4O7S2/c1-8(23)19-16-20-21-17(31-16)30-7-10-5-13(24)14(6-28-10)29-15(25)11-4-9(22(26)27)2-3-12(11)18/h2-6H,7H2,1H3,(H,19,20,23). The first-order valence-electron chi connectivity index (χ1n) is 8.24. The second kappa shape index (κ2) is 9.68. The Morgan fingerprint density at radius 3 is 2.81 bits per heavy atom. The number of benzene rings is 1. The van der Waals surface area contributed by atoms with Gasteiger partial charge in [-0.25, -0.2) is 4.79 Å². The summed E-state index contributed by atoms with van der Waals surface area (Å²) in [7, 11) is 0. The lowest BCUT2D eigenvalue weighted by atomic mass is 10.2. The Morgan fingerprint density at radius 1 is 1.35 bits per heavy atom. The molecule has 3 rings (SSSR count). The minimum Gasteiger partial charge on any atom is -0.464 e. The molecule has 11 nitrogen and oxygen atoms in total.